The van der Waals surface area contributed by atoms with Gasteiger partial charge in [-0.2, -0.15) is 13.2 Å². The summed E-state index contributed by atoms with van der Waals surface area (Å²) in [5, 5.41) is 3.50. The number of likely N-dealkylation sites (tertiary alicyclic amines) is 1. The molecule has 1 unspecified atom stereocenters. The molecule has 2 N–H and O–H groups in total. The number of amides is 1. The Labute approximate surface area is 136 Å². The lowest BCUT2D eigenvalue weighted by molar-refractivity contribution is -0.353. The topological polar surface area (TPSA) is 77.1 Å². The van der Waals surface area contributed by atoms with Crippen molar-refractivity contribution in [1.82, 2.24) is 4.90 Å². The lowest BCUT2D eigenvalue weighted by Crippen LogP contribution is -2.51. The van der Waals surface area contributed by atoms with Crippen molar-refractivity contribution in [2.24, 2.45) is 5.16 Å². The first kappa shape index (κ1) is 16.4. The van der Waals surface area contributed by atoms with Crippen LogP contribution in [0.15, 0.2) is 29.4 Å². The highest BCUT2D eigenvalue weighted by atomic mass is 19.4. The average molecular weight is 343 g/mol. The van der Waals surface area contributed by atoms with Gasteiger partial charge in [-0.25, -0.2) is 4.79 Å². The maximum absolute atomic E-state index is 13.5. The summed E-state index contributed by atoms with van der Waals surface area (Å²) in [6.45, 7) is 0.747. The third kappa shape index (κ3) is 2.98. The smallest absolute Gasteiger partial charge is 0.399 e. The molecule has 0 saturated carbocycles. The van der Waals surface area contributed by atoms with Gasteiger partial charge in [0.15, 0.2) is 0 Å². The van der Waals surface area contributed by atoms with Crippen LogP contribution in [0.3, 0.4) is 0 Å². The molecular weight excluding hydrogens is 327 g/mol. The summed E-state index contributed by atoms with van der Waals surface area (Å²) < 4.78 is 45.2. The van der Waals surface area contributed by atoms with Crippen molar-refractivity contribution in [1.29, 1.82) is 0 Å². The molecule has 2 heterocycles. The van der Waals surface area contributed by atoms with Crippen molar-refractivity contribution in [3.05, 3.63) is 29.8 Å². The maximum atomic E-state index is 13.5. The van der Waals surface area contributed by atoms with Crippen LogP contribution in [0.5, 0.6) is 0 Å². The summed E-state index contributed by atoms with van der Waals surface area (Å²) in [6, 6.07) is 6.15. The molecule has 6 nitrogen and oxygen atoms in total. The first-order valence-electron chi connectivity index (χ1n) is 7.46. The first-order chi connectivity index (χ1) is 11.3. The number of halogens is 3. The van der Waals surface area contributed by atoms with Crippen LogP contribution < -0.4 is 5.73 Å². The summed E-state index contributed by atoms with van der Waals surface area (Å²) in [4.78, 5) is 17.8. The predicted octanol–water partition coefficient (Wildman–Crippen LogP) is 2.88. The van der Waals surface area contributed by atoms with Gasteiger partial charge in [-0.3, -0.25) is 0 Å². The molecule has 24 heavy (non-hydrogen) atoms. The van der Waals surface area contributed by atoms with Gasteiger partial charge in [0.1, 0.15) is 0 Å². The Balaban J connectivity index is 1.79. The highest BCUT2D eigenvalue weighted by molar-refractivity contribution is 6.02. The van der Waals surface area contributed by atoms with E-state index in [2.05, 4.69) is 9.99 Å². The number of alkyl halides is 3. The minimum Gasteiger partial charge on any atom is -0.399 e. The average Bonchev–Trinajstić information content (AvgIpc) is 3.17. The fraction of sp³-hybridized carbons (Fsp3) is 0.467. The zero-order valence-corrected chi connectivity index (χ0v) is 12.7. The van der Waals surface area contributed by atoms with Gasteiger partial charge in [0.05, 0.1) is 12.1 Å². The molecule has 1 aromatic carbocycles. The van der Waals surface area contributed by atoms with Crippen molar-refractivity contribution in [3.8, 4) is 0 Å². The van der Waals surface area contributed by atoms with Crippen molar-refractivity contribution in [3.63, 3.8) is 0 Å². The Bertz CT molecular complexity index is 654. The Kier molecular flexibility index (Phi) is 4.02. The third-order valence-corrected chi connectivity index (χ3v) is 4.00. The fourth-order valence-electron chi connectivity index (χ4n) is 2.61. The van der Waals surface area contributed by atoms with Crippen molar-refractivity contribution in [2.45, 2.75) is 31.2 Å². The van der Waals surface area contributed by atoms with E-state index in [1.165, 1.54) is 17.0 Å². The van der Waals surface area contributed by atoms with E-state index >= 15 is 0 Å². The SMILES string of the molecule is Nc1ccc(C2=NOC(OC(=O)N3CCCC3)(C(F)(F)F)C2)cc1. The normalized spacial score (nSPS) is 23.8. The number of benzene rings is 1. The van der Waals surface area contributed by atoms with E-state index in [4.69, 9.17) is 10.5 Å². The molecule has 2 aliphatic heterocycles. The summed E-state index contributed by atoms with van der Waals surface area (Å²) in [7, 11) is 0. The van der Waals surface area contributed by atoms with Crippen LogP contribution in [-0.4, -0.2) is 41.8 Å². The number of nitrogens with zero attached hydrogens (tertiary/aromatic N) is 2. The number of anilines is 1. The van der Waals surface area contributed by atoms with Crippen molar-refractivity contribution >= 4 is 17.5 Å². The molecule has 1 aromatic rings. The van der Waals surface area contributed by atoms with E-state index in [0.29, 0.717) is 24.3 Å². The number of carbonyl (C=O) groups is 1. The van der Waals surface area contributed by atoms with Crippen LogP contribution in [0.4, 0.5) is 23.7 Å². The Hall–Kier alpha value is -2.45. The lowest BCUT2D eigenvalue weighted by atomic mass is 10.0. The van der Waals surface area contributed by atoms with E-state index in [1.807, 2.05) is 0 Å². The van der Waals surface area contributed by atoms with E-state index in [9.17, 15) is 18.0 Å². The molecule has 1 fully saturated rings. The van der Waals surface area contributed by atoms with Gasteiger partial charge in [-0.05, 0) is 30.5 Å². The second-order valence-corrected chi connectivity index (χ2v) is 5.74. The van der Waals surface area contributed by atoms with Crippen LogP contribution in [0.2, 0.25) is 0 Å². The molecule has 2 aliphatic rings. The molecule has 0 aromatic heterocycles. The molecule has 0 bridgehead atoms. The van der Waals surface area contributed by atoms with Gasteiger partial charge >= 0.3 is 18.1 Å². The number of carbonyl (C=O) groups excluding carboxylic acids is 1. The number of nitrogens with two attached hydrogens (primary N) is 1. The minimum atomic E-state index is -4.92. The van der Waals surface area contributed by atoms with E-state index in [1.54, 1.807) is 12.1 Å². The van der Waals surface area contributed by atoms with Gasteiger partial charge in [-0.15, -0.1) is 0 Å². The summed E-state index contributed by atoms with van der Waals surface area (Å²) in [6.07, 6.45) is -5.19. The zero-order chi connectivity index (χ0) is 17.4. The summed E-state index contributed by atoms with van der Waals surface area (Å²) in [5.41, 5.74) is 6.50. The molecule has 1 amide bonds. The van der Waals surface area contributed by atoms with Gasteiger partial charge in [0.25, 0.3) is 0 Å². The lowest BCUT2D eigenvalue weighted by Gasteiger charge is -2.30. The number of nitrogen functional groups attached to an aromatic ring is 1. The number of rotatable bonds is 2. The standard InChI is InChI=1S/C15H16F3N3O3/c16-15(17,18)14(23-13(22)21-7-1-2-8-21)9-12(20-24-14)10-3-5-11(19)6-4-10/h3-6H,1-2,7-9,19H2. The first-order valence-corrected chi connectivity index (χ1v) is 7.46. The molecule has 0 spiro atoms. The molecule has 9 heteroatoms. The summed E-state index contributed by atoms with van der Waals surface area (Å²) >= 11 is 0. The number of hydrogen-bond acceptors (Lipinski definition) is 5. The zero-order valence-electron chi connectivity index (χ0n) is 12.7. The Morgan fingerprint density at radius 1 is 1.25 bits per heavy atom. The number of hydrogen-bond donors (Lipinski definition) is 1. The van der Waals surface area contributed by atoms with Crippen molar-refractivity contribution < 1.29 is 27.5 Å². The monoisotopic (exact) mass is 343 g/mol. The quantitative estimate of drug-likeness (QED) is 0.838. The highest BCUT2D eigenvalue weighted by Crippen LogP contribution is 2.42. The number of ether oxygens (including phenoxy) is 1. The van der Waals surface area contributed by atoms with Crippen LogP contribution in [0.25, 0.3) is 0 Å². The second kappa shape index (κ2) is 5.88. The second-order valence-electron chi connectivity index (χ2n) is 5.74. The molecular formula is C15H16F3N3O3. The highest BCUT2D eigenvalue weighted by Gasteiger charge is 2.65. The van der Waals surface area contributed by atoms with E-state index in [0.717, 1.165) is 12.8 Å². The Morgan fingerprint density at radius 3 is 2.46 bits per heavy atom. The minimum absolute atomic E-state index is 0.0431. The molecule has 130 valence electrons. The van der Waals surface area contributed by atoms with Crippen LogP contribution in [0, 0.1) is 0 Å². The van der Waals surface area contributed by atoms with Crippen LogP contribution >= 0.6 is 0 Å². The Morgan fingerprint density at radius 2 is 1.88 bits per heavy atom. The van der Waals surface area contributed by atoms with Crippen LogP contribution in [-0.2, 0) is 9.57 Å². The molecule has 1 saturated heterocycles. The fourth-order valence-corrected chi connectivity index (χ4v) is 2.61. The number of oxime groups is 1. The van der Waals surface area contributed by atoms with E-state index in [-0.39, 0.29) is 5.71 Å². The molecule has 0 radical (unpaired) electrons. The summed E-state index contributed by atoms with van der Waals surface area (Å²) in [5.74, 6) is -3.09. The molecule has 3 rings (SSSR count). The molecule has 1 atom stereocenters. The predicted molar refractivity (Wildman–Crippen MR) is 79.2 cm³/mol. The van der Waals surface area contributed by atoms with Crippen molar-refractivity contribution in [2.75, 3.05) is 18.8 Å². The molecule has 0 aliphatic carbocycles. The van der Waals surface area contributed by atoms with Gasteiger partial charge in [0, 0.05) is 18.8 Å². The maximum Gasteiger partial charge on any atom is 0.470 e. The third-order valence-electron chi connectivity index (χ3n) is 4.00. The van der Waals surface area contributed by atoms with Gasteiger partial charge in [-0.1, -0.05) is 17.3 Å². The van der Waals surface area contributed by atoms with E-state index < -0.39 is 24.5 Å². The largest absolute Gasteiger partial charge is 0.470 e. The van der Waals surface area contributed by atoms with Gasteiger partial charge in [0.2, 0.25) is 0 Å². The van der Waals surface area contributed by atoms with Crippen LogP contribution in [0.1, 0.15) is 24.8 Å². The van der Waals surface area contributed by atoms with Gasteiger partial charge < -0.3 is 20.2 Å².